The molecular weight excluding hydrogens is 345 g/mol. The summed E-state index contributed by atoms with van der Waals surface area (Å²) in [7, 11) is 0. The number of imidazole rings is 1. The summed E-state index contributed by atoms with van der Waals surface area (Å²) in [6.07, 6.45) is -1.54. The average Bonchev–Trinajstić information content (AvgIpc) is 2.68. The van der Waals surface area contributed by atoms with E-state index >= 15 is 0 Å². The van der Waals surface area contributed by atoms with E-state index in [0.29, 0.717) is 4.47 Å². The van der Waals surface area contributed by atoms with Gasteiger partial charge in [-0.1, -0.05) is 11.6 Å². The zero-order chi connectivity index (χ0) is 14.2. The molecule has 0 aliphatic rings. The number of hydrogen-bond donors (Lipinski definition) is 0. The SMILES string of the molecule is CCOC(=O)c1c(C(F)F)nc2c(Br)cc(Cl)cn12. The number of hydrogen-bond acceptors (Lipinski definition) is 3. The molecule has 2 heterocycles. The van der Waals surface area contributed by atoms with Crippen LogP contribution in [0.15, 0.2) is 16.7 Å². The van der Waals surface area contributed by atoms with E-state index in [4.69, 9.17) is 16.3 Å². The summed E-state index contributed by atoms with van der Waals surface area (Å²) >= 11 is 9.02. The summed E-state index contributed by atoms with van der Waals surface area (Å²) in [6.45, 7) is 1.67. The predicted molar refractivity (Wildman–Crippen MR) is 68.8 cm³/mol. The first-order valence-electron chi connectivity index (χ1n) is 5.28. The van der Waals surface area contributed by atoms with Crippen LogP contribution in [0.4, 0.5) is 8.78 Å². The third kappa shape index (κ3) is 2.57. The third-order valence-electron chi connectivity index (χ3n) is 2.34. The van der Waals surface area contributed by atoms with Gasteiger partial charge in [0.2, 0.25) is 0 Å². The van der Waals surface area contributed by atoms with Crippen LogP contribution in [0.5, 0.6) is 0 Å². The zero-order valence-corrected chi connectivity index (χ0v) is 12.0. The van der Waals surface area contributed by atoms with E-state index in [1.165, 1.54) is 16.7 Å². The zero-order valence-electron chi connectivity index (χ0n) is 9.66. The number of rotatable bonds is 3. The van der Waals surface area contributed by atoms with Crippen LogP contribution in [0.3, 0.4) is 0 Å². The monoisotopic (exact) mass is 352 g/mol. The second-order valence-electron chi connectivity index (χ2n) is 3.57. The number of pyridine rings is 1. The maximum Gasteiger partial charge on any atom is 0.357 e. The molecule has 0 aliphatic carbocycles. The highest BCUT2D eigenvalue weighted by Gasteiger charge is 2.27. The van der Waals surface area contributed by atoms with Crippen molar-refractivity contribution in [2.75, 3.05) is 6.61 Å². The highest BCUT2D eigenvalue weighted by atomic mass is 79.9. The Labute approximate surface area is 120 Å². The van der Waals surface area contributed by atoms with Crippen LogP contribution in [-0.2, 0) is 4.74 Å². The number of fused-ring (bicyclic) bond motifs is 1. The Morgan fingerprint density at radius 1 is 1.63 bits per heavy atom. The lowest BCUT2D eigenvalue weighted by atomic mass is 10.3. The molecule has 0 fully saturated rings. The highest BCUT2D eigenvalue weighted by molar-refractivity contribution is 9.10. The Balaban J connectivity index is 2.76. The van der Waals surface area contributed by atoms with Gasteiger partial charge in [-0.3, -0.25) is 4.40 Å². The van der Waals surface area contributed by atoms with Gasteiger partial charge in [-0.05, 0) is 28.9 Å². The summed E-state index contributed by atoms with van der Waals surface area (Å²) in [5.41, 5.74) is -0.751. The molecule has 0 radical (unpaired) electrons. The molecular formula is C11H8BrClF2N2O2. The summed E-state index contributed by atoms with van der Waals surface area (Å²) in [4.78, 5) is 15.6. The molecule has 4 nitrogen and oxygen atoms in total. The molecule has 2 aromatic heterocycles. The molecule has 0 bridgehead atoms. The van der Waals surface area contributed by atoms with Crippen molar-refractivity contribution >= 4 is 39.1 Å². The molecule has 0 saturated heterocycles. The first-order valence-corrected chi connectivity index (χ1v) is 6.45. The van der Waals surface area contributed by atoms with Crippen molar-refractivity contribution in [1.82, 2.24) is 9.38 Å². The minimum atomic E-state index is -2.88. The van der Waals surface area contributed by atoms with Crippen LogP contribution >= 0.6 is 27.5 Å². The Morgan fingerprint density at radius 2 is 2.32 bits per heavy atom. The maximum atomic E-state index is 13.0. The van der Waals surface area contributed by atoms with Crippen molar-refractivity contribution in [2.24, 2.45) is 0 Å². The minimum Gasteiger partial charge on any atom is -0.461 e. The van der Waals surface area contributed by atoms with Gasteiger partial charge in [0.25, 0.3) is 6.43 Å². The van der Waals surface area contributed by atoms with Gasteiger partial charge in [-0.2, -0.15) is 0 Å². The van der Waals surface area contributed by atoms with Crippen molar-refractivity contribution < 1.29 is 18.3 Å². The van der Waals surface area contributed by atoms with Crippen molar-refractivity contribution in [1.29, 1.82) is 0 Å². The maximum absolute atomic E-state index is 13.0. The van der Waals surface area contributed by atoms with E-state index < -0.39 is 18.1 Å². The van der Waals surface area contributed by atoms with E-state index in [2.05, 4.69) is 20.9 Å². The summed E-state index contributed by atoms with van der Waals surface area (Å²) in [5.74, 6) is -0.862. The van der Waals surface area contributed by atoms with Crippen molar-refractivity contribution in [3.63, 3.8) is 0 Å². The second kappa shape index (κ2) is 5.42. The first kappa shape index (κ1) is 14.2. The molecule has 0 aliphatic heterocycles. The normalized spacial score (nSPS) is 11.3. The Hall–Kier alpha value is -1.21. The second-order valence-corrected chi connectivity index (χ2v) is 4.86. The lowest BCUT2D eigenvalue weighted by molar-refractivity contribution is 0.0506. The first-order chi connectivity index (χ1) is 8.95. The van der Waals surface area contributed by atoms with Gasteiger partial charge in [0, 0.05) is 6.20 Å². The average molecular weight is 354 g/mol. The largest absolute Gasteiger partial charge is 0.461 e. The Bertz CT molecular complexity index is 645. The number of ether oxygens (including phenoxy) is 1. The van der Waals surface area contributed by atoms with Gasteiger partial charge in [0.05, 0.1) is 16.1 Å². The fourth-order valence-electron chi connectivity index (χ4n) is 1.65. The Morgan fingerprint density at radius 3 is 2.89 bits per heavy atom. The lowest BCUT2D eigenvalue weighted by Crippen LogP contribution is -2.11. The smallest absolute Gasteiger partial charge is 0.357 e. The molecule has 0 N–H and O–H groups in total. The molecule has 0 saturated carbocycles. The predicted octanol–water partition coefficient (Wildman–Crippen LogP) is 3.86. The highest BCUT2D eigenvalue weighted by Crippen LogP contribution is 2.29. The molecule has 0 amide bonds. The van der Waals surface area contributed by atoms with E-state index in [1.54, 1.807) is 6.92 Å². The number of halogens is 4. The molecule has 0 atom stereocenters. The fraction of sp³-hybridized carbons (Fsp3) is 0.273. The van der Waals surface area contributed by atoms with Crippen molar-refractivity contribution in [2.45, 2.75) is 13.3 Å². The van der Waals surface area contributed by atoms with E-state index in [0.717, 1.165) is 0 Å². The number of carbonyl (C=O) groups excluding carboxylic acids is 1. The number of nitrogens with zero attached hydrogens (tertiary/aromatic N) is 2. The molecule has 102 valence electrons. The molecule has 0 aromatic carbocycles. The van der Waals surface area contributed by atoms with Gasteiger partial charge < -0.3 is 4.74 Å². The van der Waals surface area contributed by atoms with Crippen LogP contribution in [-0.4, -0.2) is 22.0 Å². The number of carbonyl (C=O) groups is 1. The molecule has 2 rings (SSSR count). The standard InChI is InChI=1S/C11H8BrClF2N2O2/c1-2-19-11(18)8-7(9(14)15)16-10-6(12)3-5(13)4-17(8)10/h3-4,9H,2H2,1H3. The van der Waals surface area contributed by atoms with Gasteiger partial charge >= 0.3 is 5.97 Å². The van der Waals surface area contributed by atoms with Gasteiger partial charge in [0.15, 0.2) is 11.3 Å². The van der Waals surface area contributed by atoms with E-state index in [-0.39, 0.29) is 23.0 Å². The molecule has 2 aromatic rings. The summed E-state index contributed by atoms with van der Waals surface area (Å²) < 4.78 is 32.3. The van der Waals surface area contributed by atoms with Crippen molar-refractivity contribution in [3.05, 3.63) is 33.1 Å². The fourth-order valence-corrected chi connectivity index (χ4v) is 2.51. The van der Waals surface area contributed by atoms with E-state index in [9.17, 15) is 13.6 Å². The number of esters is 1. The van der Waals surface area contributed by atoms with Crippen LogP contribution in [0, 0.1) is 0 Å². The summed E-state index contributed by atoms with van der Waals surface area (Å²) in [6, 6.07) is 1.51. The van der Waals surface area contributed by atoms with Crippen LogP contribution in [0.2, 0.25) is 5.02 Å². The Kier molecular flexibility index (Phi) is 4.05. The van der Waals surface area contributed by atoms with Crippen LogP contribution in [0.1, 0.15) is 29.5 Å². The van der Waals surface area contributed by atoms with Crippen LogP contribution < -0.4 is 0 Å². The quantitative estimate of drug-likeness (QED) is 0.787. The van der Waals surface area contributed by atoms with Gasteiger partial charge in [0.1, 0.15) is 5.69 Å². The minimum absolute atomic E-state index is 0.0798. The molecule has 8 heteroatoms. The topological polar surface area (TPSA) is 43.6 Å². The van der Waals surface area contributed by atoms with E-state index in [1.807, 2.05) is 0 Å². The molecule has 19 heavy (non-hydrogen) atoms. The van der Waals surface area contributed by atoms with Crippen molar-refractivity contribution in [3.8, 4) is 0 Å². The number of aromatic nitrogens is 2. The number of alkyl halides is 2. The third-order valence-corrected chi connectivity index (χ3v) is 3.13. The van der Waals surface area contributed by atoms with Gasteiger partial charge in [-0.25, -0.2) is 18.6 Å². The van der Waals surface area contributed by atoms with Crippen LogP contribution in [0.25, 0.3) is 5.65 Å². The lowest BCUT2D eigenvalue weighted by Gasteiger charge is -2.04. The molecule has 0 unspecified atom stereocenters. The molecule has 0 spiro atoms. The van der Waals surface area contributed by atoms with Gasteiger partial charge in [-0.15, -0.1) is 0 Å². The summed E-state index contributed by atoms with van der Waals surface area (Å²) in [5, 5.41) is 0.281.